The maximum absolute atomic E-state index is 11.6. The monoisotopic (exact) mass is 268 g/mol. The van der Waals surface area contributed by atoms with Gasteiger partial charge in [0.2, 0.25) is 0 Å². The normalized spacial score (nSPS) is 11.6. The van der Waals surface area contributed by atoms with Crippen molar-refractivity contribution in [3.63, 3.8) is 0 Å². The van der Waals surface area contributed by atoms with E-state index in [-0.39, 0.29) is 0 Å². The summed E-state index contributed by atoms with van der Waals surface area (Å²) in [7, 11) is 0. The van der Waals surface area contributed by atoms with Gasteiger partial charge in [0.15, 0.2) is 5.65 Å². The lowest BCUT2D eigenvalue weighted by Crippen LogP contribution is -2.27. The molecule has 0 radical (unpaired) electrons. The topological polar surface area (TPSA) is 68.5 Å². The van der Waals surface area contributed by atoms with Crippen molar-refractivity contribution >= 4 is 29.2 Å². The third kappa shape index (κ3) is 2.89. The maximum Gasteiger partial charge on any atom is 0.413 e. The highest BCUT2D eigenvalue weighted by Gasteiger charge is 2.17. The van der Waals surface area contributed by atoms with Gasteiger partial charge in [0.05, 0.1) is 6.20 Å². The Balaban J connectivity index is 2.19. The van der Waals surface area contributed by atoms with Crippen LogP contribution in [-0.2, 0) is 4.74 Å². The van der Waals surface area contributed by atoms with Gasteiger partial charge in [0.1, 0.15) is 16.6 Å². The Kier molecular flexibility index (Phi) is 3.13. The van der Waals surface area contributed by atoms with E-state index in [0.29, 0.717) is 16.6 Å². The molecule has 18 heavy (non-hydrogen) atoms. The number of ether oxygens (including phenoxy) is 1. The van der Waals surface area contributed by atoms with Gasteiger partial charge in [-0.15, -0.1) is 0 Å². The SMILES string of the molecule is CC(C)(C)OC(=O)Nc1cc(Cl)n2nccc2n1. The zero-order chi connectivity index (χ0) is 13.3. The first-order chi connectivity index (χ1) is 8.35. The highest BCUT2D eigenvalue weighted by atomic mass is 35.5. The Morgan fingerprint density at radius 3 is 2.89 bits per heavy atom. The summed E-state index contributed by atoms with van der Waals surface area (Å²) in [6.45, 7) is 5.35. The number of carbonyl (C=O) groups is 1. The Labute approximate surface area is 109 Å². The van der Waals surface area contributed by atoms with Crippen LogP contribution in [-0.4, -0.2) is 26.3 Å². The number of anilines is 1. The molecule has 1 N–H and O–H groups in total. The minimum Gasteiger partial charge on any atom is -0.444 e. The summed E-state index contributed by atoms with van der Waals surface area (Å²) in [5, 5.41) is 6.86. The fourth-order valence-corrected chi connectivity index (χ4v) is 1.58. The second kappa shape index (κ2) is 4.45. The number of fused-ring (bicyclic) bond motifs is 1. The number of aromatic nitrogens is 3. The molecule has 0 spiro atoms. The first kappa shape index (κ1) is 12.6. The van der Waals surface area contributed by atoms with Crippen molar-refractivity contribution in [3.05, 3.63) is 23.5 Å². The fourth-order valence-electron chi connectivity index (χ4n) is 1.35. The standard InChI is InChI=1S/C11H13ClN4O2/c1-11(2,3)18-10(17)15-8-6-7(12)16-9(14-8)4-5-13-16/h4-6H,1-3H3,(H,14,15,17). The van der Waals surface area contributed by atoms with Gasteiger partial charge in [0, 0.05) is 12.1 Å². The Morgan fingerprint density at radius 2 is 2.22 bits per heavy atom. The first-order valence-electron chi connectivity index (χ1n) is 5.35. The lowest BCUT2D eigenvalue weighted by molar-refractivity contribution is 0.0635. The number of hydrogen-bond donors (Lipinski definition) is 1. The quantitative estimate of drug-likeness (QED) is 0.808. The summed E-state index contributed by atoms with van der Waals surface area (Å²) < 4.78 is 6.58. The average molecular weight is 269 g/mol. The second-order valence-corrected chi connectivity index (χ2v) is 5.08. The molecule has 0 aliphatic carbocycles. The van der Waals surface area contributed by atoms with E-state index in [4.69, 9.17) is 16.3 Å². The van der Waals surface area contributed by atoms with Crippen molar-refractivity contribution in [1.82, 2.24) is 14.6 Å². The molecular weight excluding hydrogens is 256 g/mol. The molecule has 2 heterocycles. The van der Waals surface area contributed by atoms with E-state index in [0.717, 1.165) is 0 Å². The number of carbonyl (C=O) groups excluding carboxylic acids is 1. The van der Waals surface area contributed by atoms with E-state index >= 15 is 0 Å². The smallest absolute Gasteiger partial charge is 0.413 e. The van der Waals surface area contributed by atoms with Crippen molar-refractivity contribution in [3.8, 4) is 0 Å². The molecule has 0 aliphatic heterocycles. The van der Waals surface area contributed by atoms with E-state index in [1.54, 1.807) is 33.0 Å². The Morgan fingerprint density at radius 1 is 1.50 bits per heavy atom. The fraction of sp³-hybridized carbons (Fsp3) is 0.364. The van der Waals surface area contributed by atoms with E-state index in [2.05, 4.69) is 15.4 Å². The van der Waals surface area contributed by atoms with Gasteiger partial charge in [-0.25, -0.2) is 14.3 Å². The number of nitrogens with one attached hydrogen (secondary N) is 1. The number of amides is 1. The molecule has 1 amide bonds. The predicted octanol–water partition coefficient (Wildman–Crippen LogP) is 2.73. The van der Waals surface area contributed by atoms with Crippen LogP contribution in [0.15, 0.2) is 18.3 Å². The van der Waals surface area contributed by atoms with Gasteiger partial charge >= 0.3 is 6.09 Å². The number of rotatable bonds is 1. The molecule has 2 aromatic heterocycles. The van der Waals surface area contributed by atoms with Crippen molar-refractivity contribution in [2.24, 2.45) is 0 Å². The van der Waals surface area contributed by atoms with Gasteiger partial charge in [-0.1, -0.05) is 11.6 Å². The van der Waals surface area contributed by atoms with Crippen molar-refractivity contribution in [1.29, 1.82) is 0 Å². The van der Waals surface area contributed by atoms with Crippen LogP contribution in [0.3, 0.4) is 0 Å². The third-order valence-electron chi connectivity index (χ3n) is 1.94. The molecule has 6 nitrogen and oxygen atoms in total. The van der Waals surface area contributed by atoms with E-state index in [1.807, 2.05) is 0 Å². The van der Waals surface area contributed by atoms with Crippen LogP contribution in [0, 0.1) is 0 Å². The molecule has 0 bridgehead atoms. The first-order valence-corrected chi connectivity index (χ1v) is 5.73. The lowest BCUT2D eigenvalue weighted by atomic mass is 10.2. The molecule has 7 heteroatoms. The molecule has 0 saturated carbocycles. The van der Waals surface area contributed by atoms with Crippen molar-refractivity contribution in [2.75, 3.05) is 5.32 Å². The predicted molar refractivity (Wildman–Crippen MR) is 67.9 cm³/mol. The summed E-state index contributed by atoms with van der Waals surface area (Å²) >= 11 is 5.99. The molecule has 0 saturated heterocycles. The van der Waals surface area contributed by atoms with E-state index in [9.17, 15) is 4.79 Å². The molecule has 0 aromatic carbocycles. The molecule has 0 fully saturated rings. The maximum atomic E-state index is 11.6. The highest BCUT2D eigenvalue weighted by molar-refractivity contribution is 6.30. The van der Waals surface area contributed by atoms with Crippen molar-refractivity contribution in [2.45, 2.75) is 26.4 Å². The van der Waals surface area contributed by atoms with Crippen molar-refractivity contribution < 1.29 is 9.53 Å². The van der Waals surface area contributed by atoms with Gasteiger partial charge in [-0.3, -0.25) is 5.32 Å². The minimum atomic E-state index is -0.574. The summed E-state index contributed by atoms with van der Waals surface area (Å²) in [5.41, 5.74) is -0.0113. The van der Waals surface area contributed by atoms with Gasteiger partial charge < -0.3 is 4.74 Å². The number of hydrogen-bond acceptors (Lipinski definition) is 4. The summed E-state index contributed by atoms with van der Waals surface area (Å²) in [6.07, 6.45) is 1.00. The number of nitrogens with zero attached hydrogens (tertiary/aromatic N) is 3. The third-order valence-corrected chi connectivity index (χ3v) is 2.21. The van der Waals surface area contributed by atoms with Crippen LogP contribution in [0.2, 0.25) is 5.15 Å². The zero-order valence-electron chi connectivity index (χ0n) is 10.3. The van der Waals surface area contributed by atoms with E-state index in [1.165, 1.54) is 10.6 Å². The van der Waals surface area contributed by atoms with Gasteiger partial charge in [-0.2, -0.15) is 5.10 Å². The van der Waals surface area contributed by atoms with E-state index < -0.39 is 11.7 Å². The Hall–Kier alpha value is -1.82. The summed E-state index contributed by atoms with van der Waals surface area (Å²) in [6, 6.07) is 3.19. The summed E-state index contributed by atoms with van der Waals surface area (Å²) in [5.74, 6) is 0.322. The van der Waals surface area contributed by atoms with Crippen LogP contribution in [0.1, 0.15) is 20.8 Å². The summed E-state index contributed by atoms with van der Waals surface area (Å²) in [4.78, 5) is 15.7. The van der Waals surface area contributed by atoms with Gasteiger partial charge in [-0.05, 0) is 20.8 Å². The highest BCUT2D eigenvalue weighted by Crippen LogP contribution is 2.16. The molecule has 2 rings (SSSR count). The molecule has 0 aliphatic rings. The second-order valence-electron chi connectivity index (χ2n) is 4.69. The largest absolute Gasteiger partial charge is 0.444 e. The lowest BCUT2D eigenvalue weighted by Gasteiger charge is -2.19. The van der Waals surface area contributed by atoms with Crippen LogP contribution < -0.4 is 5.32 Å². The van der Waals surface area contributed by atoms with Crippen LogP contribution in [0.4, 0.5) is 10.6 Å². The van der Waals surface area contributed by atoms with Crippen LogP contribution in [0.25, 0.3) is 5.65 Å². The molecule has 2 aromatic rings. The molecule has 0 atom stereocenters. The molecule has 0 unspecified atom stereocenters. The van der Waals surface area contributed by atoms with Gasteiger partial charge in [0.25, 0.3) is 0 Å². The molecular formula is C11H13ClN4O2. The van der Waals surface area contributed by atoms with Crippen LogP contribution in [0.5, 0.6) is 0 Å². The average Bonchev–Trinajstić information content (AvgIpc) is 2.62. The zero-order valence-corrected chi connectivity index (χ0v) is 11.0. The minimum absolute atomic E-state index is 0.322. The van der Waals surface area contributed by atoms with Crippen LogP contribution >= 0.6 is 11.6 Å². The molecule has 96 valence electrons. The number of halogens is 1. The Bertz CT molecular complexity index is 588.